The van der Waals surface area contributed by atoms with Crippen molar-refractivity contribution in [2.75, 3.05) is 55.0 Å². The molecule has 3 heterocycles. The van der Waals surface area contributed by atoms with E-state index < -0.39 is 11.7 Å². The zero-order valence-corrected chi connectivity index (χ0v) is 21.6. The maximum absolute atomic E-state index is 14.4. The Hall–Kier alpha value is -4.81. The van der Waals surface area contributed by atoms with Gasteiger partial charge in [-0.25, -0.2) is 14.4 Å². The zero-order valence-electron chi connectivity index (χ0n) is 21.6. The molecule has 2 aromatic carbocycles. The summed E-state index contributed by atoms with van der Waals surface area (Å²) in [6.07, 6.45) is 2.60. The molecule has 0 radical (unpaired) electrons. The number of benzene rings is 2. The first kappa shape index (κ1) is 26.8. The van der Waals surface area contributed by atoms with Crippen molar-refractivity contribution in [3.63, 3.8) is 0 Å². The van der Waals surface area contributed by atoms with Crippen molar-refractivity contribution in [1.29, 1.82) is 0 Å². The van der Waals surface area contributed by atoms with Gasteiger partial charge in [-0.2, -0.15) is 4.98 Å². The first-order valence-corrected chi connectivity index (χ1v) is 12.8. The summed E-state index contributed by atoms with van der Waals surface area (Å²) in [6.45, 7) is 3.16. The van der Waals surface area contributed by atoms with Gasteiger partial charge in [-0.3, -0.25) is 20.5 Å². The minimum Gasteiger partial charge on any atom is -0.508 e. The molecule has 0 atom stereocenters. The lowest BCUT2D eigenvalue weighted by Gasteiger charge is -2.35. The van der Waals surface area contributed by atoms with E-state index in [4.69, 9.17) is 5.11 Å². The third-order valence-electron chi connectivity index (χ3n) is 6.45. The number of phenols is 1. The number of hydrogen-bond donors (Lipinski definition) is 5. The molecule has 5 N–H and O–H groups in total. The summed E-state index contributed by atoms with van der Waals surface area (Å²) in [7, 11) is 0. The van der Waals surface area contributed by atoms with E-state index in [1.165, 1.54) is 0 Å². The van der Waals surface area contributed by atoms with Crippen LogP contribution in [-0.4, -0.2) is 75.3 Å². The zero-order chi connectivity index (χ0) is 27.9. The number of piperazine rings is 1. The molecule has 4 aromatic rings. The van der Waals surface area contributed by atoms with Crippen LogP contribution in [0.15, 0.2) is 73.1 Å². The highest BCUT2D eigenvalue weighted by Gasteiger charge is 2.21. The largest absolute Gasteiger partial charge is 0.508 e. The molecule has 1 aliphatic heterocycles. The van der Waals surface area contributed by atoms with Crippen LogP contribution in [0.25, 0.3) is 11.1 Å². The lowest BCUT2D eigenvalue weighted by atomic mass is 10.1. The first-order chi connectivity index (χ1) is 19.5. The summed E-state index contributed by atoms with van der Waals surface area (Å²) < 4.78 is 14.4. The van der Waals surface area contributed by atoms with Crippen LogP contribution in [0, 0.1) is 5.82 Å². The smallest absolute Gasteiger partial charge is 0.288 e. The van der Waals surface area contributed by atoms with E-state index in [2.05, 4.69) is 36.0 Å². The molecule has 5 rings (SSSR count). The molecule has 11 nitrogen and oxygen atoms in total. The van der Waals surface area contributed by atoms with Gasteiger partial charge in [0.05, 0.1) is 24.7 Å². The Kier molecular flexibility index (Phi) is 8.28. The highest BCUT2D eigenvalue weighted by Crippen LogP contribution is 2.26. The summed E-state index contributed by atoms with van der Waals surface area (Å²) in [4.78, 5) is 28.9. The van der Waals surface area contributed by atoms with Crippen molar-refractivity contribution >= 4 is 29.0 Å². The second-order valence-corrected chi connectivity index (χ2v) is 9.18. The Morgan fingerprint density at radius 3 is 2.40 bits per heavy atom. The topological polar surface area (TPSA) is 139 Å². The Bertz CT molecular complexity index is 1450. The third-order valence-corrected chi connectivity index (χ3v) is 6.45. The van der Waals surface area contributed by atoms with Crippen LogP contribution in [0.2, 0.25) is 0 Å². The Morgan fingerprint density at radius 1 is 0.925 bits per heavy atom. The number of nitrogens with zero attached hydrogens (tertiary/aromatic N) is 5. The number of amides is 1. The Balaban J connectivity index is 1.15. The second kappa shape index (κ2) is 12.4. The molecule has 0 aliphatic carbocycles. The number of carbonyl (C=O) groups is 1. The molecule has 1 saturated heterocycles. The number of pyridine rings is 1. The molecule has 0 spiro atoms. The van der Waals surface area contributed by atoms with E-state index in [0.717, 1.165) is 23.0 Å². The summed E-state index contributed by atoms with van der Waals surface area (Å²) in [5, 5.41) is 22.0. The van der Waals surface area contributed by atoms with Gasteiger partial charge < -0.3 is 20.4 Å². The number of halogens is 1. The predicted octanol–water partition coefficient (Wildman–Crippen LogP) is 3.00. The molecule has 2 aromatic heterocycles. The van der Waals surface area contributed by atoms with E-state index in [0.29, 0.717) is 38.4 Å². The van der Waals surface area contributed by atoms with Gasteiger partial charge in [0, 0.05) is 38.4 Å². The molecule has 1 amide bonds. The van der Waals surface area contributed by atoms with E-state index in [-0.39, 0.29) is 29.8 Å². The number of aromatic hydroxyl groups is 1. The van der Waals surface area contributed by atoms with Gasteiger partial charge in [-0.05, 0) is 47.5 Å². The van der Waals surface area contributed by atoms with Crippen LogP contribution in [0.5, 0.6) is 5.75 Å². The normalized spacial score (nSPS) is 13.6. The van der Waals surface area contributed by atoms with Crippen molar-refractivity contribution in [2.24, 2.45) is 0 Å². The second-order valence-electron chi connectivity index (χ2n) is 9.18. The number of aliphatic hydroxyl groups is 1. The number of carbonyl (C=O) groups excluding carboxylic acids is 1. The first-order valence-electron chi connectivity index (χ1n) is 12.8. The molecular weight excluding hydrogens is 515 g/mol. The van der Waals surface area contributed by atoms with Crippen molar-refractivity contribution in [1.82, 2.24) is 25.3 Å². The number of hydrazine groups is 1. The SMILES string of the molecule is O=C(NNc1ncc(F)c(N2CCN(CCO)CC2)n1)c1ccc(Nc2ccc(-c3cccc(O)c3)cc2)cn1. The monoisotopic (exact) mass is 544 g/mol. The fourth-order valence-corrected chi connectivity index (χ4v) is 4.34. The maximum atomic E-state index is 14.4. The quantitative estimate of drug-likeness (QED) is 0.200. The average Bonchev–Trinajstić information content (AvgIpc) is 2.98. The lowest BCUT2D eigenvalue weighted by Crippen LogP contribution is -2.47. The molecular formula is C28H29FN8O3. The number of hydrogen-bond acceptors (Lipinski definition) is 10. The summed E-state index contributed by atoms with van der Waals surface area (Å²) >= 11 is 0. The number of aromatic nitrogens is 3. The number of anilines is 4. The van der Waals surface area contributed by atoms with E-state index >= 15 is 0 Å². The molecule has 0 saturated carbocycles. The van der Waals surface area contributed by atoms with Crippen molar-refractivity contribution in [3.8, 4) is 16.9 Å². The van der Waals surface area contributed by atoms with Gasteiger partial charge >= 0.3 is 0 Å². The van der Waals surface area contributed by atoms with Gasteiger partial charge in [0.1, 0.15) is 11.4 Å². The summed E-state index contributed by atoms with van der Waals surface area (Å²) in [5.41, 5.74) is 8.70. The molecule has 12 heteroatoms. The van der Waals surface area contributed by atoms with Crippen molar-refractivity contribution in [2.45, 2.75) is 0 Å². The highest BCUT2D eigenvalue weighted by atomic mass is 19.1. The highest BCUT2D eigenvalue weighted by molar-refractivity contribution is 5.93. The number of rotatable bonds is 9. The van der Waals surface area contributed by atoms with Gasteiger partial charge in [0.15, 0.2) is 11.6 Å². The number of nitrogens with one attached hydrogen (secondary N) is 3. The van der Waals surface area contributed by atoms with Crippen LogP contribution < -0.4 is 21.1 Å². The van der Waals surface area contributed by atoms with E-state index in [1.54, 1.807) is 36.5 Å². The fraction of sp³-hybridized carbons (Fsp3) is 0.214. The van der Waals surface area contributed by atoms with Gasteiger partial charge in [0.2, 0.25) is 5.95 Å². The van der Waals surface area contributed by atoms with Crippen LogP contribution >= 0.6 is 0 Å². The summed E-state index contributed by atoms with van der Waals surface area (Å²) in [5.74, 6) is -0.640. The molecule has 206 valence electrons. The van der Waals surface area contributed by atoms with Crippen LogP contribution in [0.4, 0.5) is 27.5 Å². The van der Waals surface area contributed by atoms with Gasteiger partial charge in [0.25, 0.3) is 5.91 Å². The van der Waals surface area contributed by atoms with Crippen LogP contribution in [0.1, 0.15) is 10.5 Å². The van der Waals surface area contributed by atoms with Crippen molar-refractivity contribution in [3.05, 3.63) is 84.6 Å². The summed E-state index contributed by atoms with van der Waals surface area (Å²) in [6, 6.07) is 18.1. The molecule has 0 unspecified atom stereocenters. The van der Waals surface area contributed by atoms with E-state index in [9.17, 15) is 14.3 Å². The Morgan fingerprint density at radius 2 is 1.70 bits per heavy atom. The number of phenolic OH excluding ortho intramolecular Hbond substituents is 1. The average molecular weight is 545 g/mol. The predicted molar refractivity (Wildman–Crippen MR) is 150 cm³/mol. The van der Waals surface area contributed by atoms with Crippen LogP contribution in [-0.2, 0) is 0 Å². The van der Waals surface area contributed by atoms with Crippen molar-refractivity contribution < 1.29 is 19.4 Å². The van der Waals surface area contributed by atoms with Gasteiger partial charge in [-0.1, -0.05) is 24.3 Å². The van der Waals surface area contributed by atoms with E-state index in [1.807, 2.05) is 35.2 Å². The fourth-order valence-electron chi connectivity index (χ4n) is 4.34. The number of β-amino-alcohol motifs (C(OH)–C–C–N with tert-alkyl or cyclic N) is 1. The molecule has 0 bridgehead atoms. The minimum atomic E-state index is -0.550. The maximum Gasteiger partial charge on any atom is 0.288 e. The molecule has 40 heavy (non-hydrogen) atoms. The van der Waals surface area contributed by atoms with Crippen LogP contribution in [0.3, 0.4) is 0 Å². The lowest BCUT2D eigenvalue weighted by molar-refractivity contribution is 0.0957. The molecule has 1 aliphatic rings. The third kappa shape index (κ3) is 6.60. The minimum absolute atomic E-state index is 0.0509. The standard InChI is InChI=1S/C28H29FN8O3/c29-24-18-31-28(33-26(24)37-12-10-36(11-13-37)14-15-38)35-34-27(40)25-9-8-22(17-30-25)32-21-6-4-19(5-7-21)20-2-1-3-23(39)16-20/h1-9,16-18,32,38-39H,10-15H2,(H,34,40)(H,31,33,35). The van der Waals surface area contributed by atoms with Gasteiger partial charge in [-0.15, -0.1) is 0 Å². The molecule has 1 fully saturated rings. The number of aliphatic hydroxyl groups excluding tert-OH is 1. The Labute approximate surface area is 230 Å².